The van der Waals surface area contributed by atoms with E-state index in [1.54, 1.807) is 0 Å². The lowest BCUT2D eigenvalue weighted by atomic mass is 9.80. The average Bonchev–Trinajstić information content (AvgIpc) is 2.68. The van der Waals surface area contributed by atoms with Gasteiger partial charge in [-0.3, -0.25) is 0 Å². The number of thiol groups is 1. The third kappa shape index (κ3) is 1.32. The van der Waals surface area contributed by atoms with E-state index in [2.05, 4.69) is 12.6 Å². The molecule has 0 aromatic carbocycles. The molecule has 0 unspecified atom stereocenters. The fourth-order valence-electron chi connectivity index (χ4n) is 4.27. The Kier molecular flexibility index (Phi) is 2.28. The summed E-state index contributed by atoms with van der Waals surface area (Å²) >= 11 is 8.98. The van der Waals surface area contributed by atoms with Crippen LogP contribution in [0, 0.1) is 23.7 Å². The minimum Gasteiger partial charge on any atom is -0.475 e. The van der Waals surface area contributed by atoms with Crippen molar-refractivity contribution in [2.24, 2.45) is 23.7 Å². The van der Waals surface area contributed by atoms with E-state index in [-0.39, 0.29) is 0 Å². The van der Waals surface area contributed by atoms with Crippen LogP contribution in [0.4, 0.5) is 0 Å². The fraction of sp³-hybridized carbons (Fsp3) is 0.909. The van der Waals surface area contributed by atoms with Gasteiger partial charge in [0.15, 0.2) is 0 Å². The number of ether oxygens (including phenoxy) is 1. The van der Waals surface area contributed by atoms with Crippen molar-refractivity contribution in [2.75, 3.05) is 0 Å². The summed E-state index contributed by atoms with van der Waals surface area (Å²) in [6.45, 7) is 0. The lowest BCUT2D eigenvalue weighted by molar-refractivity contribution is 0.0814. The largest absolute Gasteiger partial charge is 0.475 e. The second-order valence-corrected chi connectivity index (χ2v) is 6.16. The van der Waals surface area contributed by atoms with Crippen molar-refractivity contribution in [3.8, 4) is 0 Å². The van der Waals surface area contributed by atoms with E-state index in [9.17, 15) is 0 Å². The van der Waals surface area contributed by atoms with Gasteiger partial charge in [-0.25, -0.2) is 0 Å². The quantitative estimate of drug-likeness (QED) is 0.545. The molecule has 3 aliphatic carbocycles. The first-order valence-electron chi connectivity index (χ1n) is 5.65. The van der Waals surface area contributed by atoms with Gasteiger partial charge in [0.1, 0.15) is 6.10 Å². The highest BCUT2D eigenvalue weighted by Crippen LogP contribution is 2.59. The summed E-state index contributed by atoms with van der Waals surface area (Å²) in [5.41, 5.74) is 0. The SMILES string of the molecule is S=C(S)O[C@@H]1C[C@H]2C[C@H]1[C@@H]1CCC[C@H]21. The van der Waals surface area contributed by atoms with Gasteiger partial charge in [0.25, 0.3) is 0 Å². The lowest BCUT2D eigenvalue weighted by Gasteiger charge is -2.31. The first kappa shape index (κ1) is 9.46. The van der Waals surface area contributed by atoms with Crippen LogP contribution in [0.1, 0.15) is 32.1 Å². The highest BCUT2D eigenvalue weighted by molar-refractivity contribution is 8.10. The molecule has 0 aliphatic heterocycles. The molecule has 0 N–H and O–H groups in total. The zero-order valence-electron chi connectivity index (χ0n) is 8.19. The molecule has 0 aromatic rings. The Labute approximate surface area is 96.0 Å². The first-order chi connectivity index (χ1) is 6.75. The van der Waals surface area contributed by atoms with E-state index in [0.717, 1.165) is 23.7 Å². The average molecular weight is 228 g/mol. The van der Waals surface area contributed by atoms with Gasteiger partial charge in [-0.05, 0) is 61.6 Å². The molecule has 3 heteroatoms. The molecule has 5 atom stereocenters. The maximum absolute atomic E-state index is 5.65. The molecule has 78 valence electrons. The standard InChI is InChI=1S/C11H16OS2/c13-11(14)12-10-5-6-4-9(10)8-3-1-2-7(6)8/h6-10H,1-5H2,(H,13,14)/t6-,7-,8-,9+,10-/m1/s1. The molecular formula is C11H16OS2. The molecular weight excluding hydrogens is 212 g/mol. The van der Waals surface area contributed by atoms with Crippen LogP contribution in [0.2, 0.25) is 0 Å². The number of thiocarbonyl (C=S) groups is 1. The minimum atomic E-state index is 0.407. The van der Waals surface area contributed by atoms with Gasteiger partial charge < -0.3 is 4.74 Å². The predicted octanol–water partition coefficient (Wildman–Crippen LogP) is 3.04. The van der Waals surface area contributed by atoms with E-state index >= 15 is 0 Å². The first-order valence-corrected chi connectivity index (χ1v) is 6.51. The Hall–Kier alpha value is 0.240. The fourth-order valence-corrected chi connectivity index (χ4v) is 4.53. The Morgan fingerprint density at radius 2 is 1.93 bits per heavy atom. The highest BCUT2D eigenvalue weighted by Gasteiger charge is 2.54. The van der Waals surface area contributed by atoms with Gasteiger partial charge in [-0.2, -0.15) is 0 Å². The third-order valence-electron chi connectivity index (χ3n) is 4.62. The van der Waals surface area contributed by atoms with Crippen molar-refractivity contribution in [2.45, 2.75) is 38.2 Å². The predicted molar refractivity (Wildman–Crippen MR) is 63.5 cm³/mol. The van der Waals surface area contributed by atoms with Crippen LogP contribution in [0.3, 0.4) is 0 Å². The summed E-state index contributed by atoms with van der Waals surface area (Å²) in [6.07, 6.45) is 7.41. The minimum absolute atomic E-state index is 0.407. The van der Waals surface area contributed by atoms with Crippen molar-refractivity contribution < 1.29 is 4.74 Å². The van der Waals surface area contributed by atoms with Crippen molar-refractivity contribution >= 4 is 29.2 Å². The molecule has 3 saturated carbocycles. The van der Waals surface area contributed by atoms with Crippen molar-refractivity contribution in [3.05, 3.63) is 0 Å². The summed E-state index contributed by atoms with van der Waals surface area (Å²) in [5.74, 6) is 3.74. The zero-order valence-corrected chi connectivity index (χ0v) is 9.90. The Bertz CT molecular complexity index is 266. The van der Waals surface area contributed by atoms with Gasteiger partial charge >= 0.3 is 0 Å². The van der Waals surface area contributed by atoms with Gasteiger partial charge in [0.2, 0.25) is 4.38 Å². The summed E-state index contributed by atoms with van der Waals surface area (Å²) < 4.78 is 6.09. The molecule has 14 heavy (non-hydrogen) atoms. The van der Waals surface area contributed by atoms with Crippen molar-refractivity contribution in [1.29, 1.82) is 0 Å². The Balaban J connectivity index is 1.73. The maximum atomic E-state index is 5.65. The second-order valence-electron chi connectivity index (χ2n) is 5.08. The second kappa shape index (κ2) is 3.38. The molecule has 3 fully saturated rings. The van der Waals surface area contributed by atoms with Crippen LogP contribution in [-0.4, -0.2) is 10.5 Å². The van der Waals surface area contributed by atoms with E-state index in [1.807, 2.05) is 0 Å². The summed E-state index contributed by atoms with van der Waals surface area (Å²) in [5, 5.41) is 0. The molecule has 0 amide bonds. The van der Waals surface area contributed by atoms with Crippen LogP contribution < -0.4 is 0 Å². The van der Waals surface area contributed by atoms with Gasteiger partial charge in [0.05, 0.1) is 0 Å². The normalized spacial score (nSPS) is 49.4. The van der Waals surface area contributed by atoms with Gasteiger partial charge in [-0.1, -0.05) is 19.0 Å². The Morgan fingerprint density at radius 1 is 1.14 bits per heavy atom. The maximum Gasteiger partial charge on any atom is 0.217 e. The molecule has 3 aliphatic rings. The summed E-state index contributed by atoms with van der Waals surface area (Å²) in [6, 6.07) is 0. The van der Waals surface area contributed by atoms with Crippen LogP contribution in [0.25, 0.3) is 0 Å². The van der Waals surface area contributed by atoms with Gasteiger partial charge in [-0.15, -0.1) is 0 Å². The van der Waals surface area contributed by atoms with Crippen LogP contribution in [0.15, 0.2) is 0 Å². The van der Waals surface area contributed by atoms with Gasteiger partial charge in [0, 0.05) is 0 Å². The van der Waals surface area contributed by atoms with E-state index in [1.165, 1.54) is 32.1 Å². The third-order valence-corrected chi connectivity index (χ3v) is 4.82. The number of hydrogen-bond donors (Lipinski definition) is 1. The number of hydrogen-bond acceptors (Lipinski definition) is 2. The molecule has 0 aromatic heterocycles. The van der Waals surface area contributed by atoms with E-state index in [4.69, 9.17) is 17.0 Å². The molecule has 0 radical (unpaired) electrons. The molecule has 0 heterocycles. The Morgan fingerprint density at radius 3 is 2.71 bits per heavy atom. The summed E-state index contributed by atoms with van der Waals surface area (Å²) in [7, 11) is 0. The van der Waals surface area contributed by atoms with E-state index in [0.29, 0.717) is 10.5 Å². The van der Waals surface area contributed by atoms with Crippen molar-refractivity contribution in [3.63, 3.8) is 0 Å². The molecule has 0 saturated heterocycles. The lowest BCUT2D eigenvalue weighted by Crippen LogP contribution is -2.30. The zero-order chi connectivity index (χ0) is 9.71. The highest BCUT2D eigenvalue weighted by atomic mass is 32.1. The van der Waals surface area contributed by atoms with Crippen molar-refractivity contribution in [1.82, 2.24) is 0 Å². The molecule has 1 nitrogen and oxygen atoms in total. The van der Waals surface area contributed by atoms with E-state index < -0.39 is 0 Å². The molecule has 0 spiro atoms. The smallest absolute Gasteiger partial charge is 0.217 e. The van der Waals surface area contributed by atoms with Crippen LogP contribution in [0.5, 0.6) is 0 Å². The summed E-state index contributed by atoms with van der Waals surface area (Å²) in [4.78, 5) is 0. The molecule has 2 bridgehead atoms. The van der Waals surface area contributed by atoms with Crippen LogP contribution >= 0.6 is 24.8 Å². The number of fused-ring (bicyclic) bond motifs is 5. The van der Waals surface area contributed by atoms with Crippen LogP contribution in [-0.2, 0) is 4.74 Å². The number of rotatable bonds is 1. The monoisotopic (exact) mass is 228 g/mol. The molecule has 3 rings (SSSR count). The topological polar surface area (TPSA) is 9.23 Å².